The summed E-state index contributed by atoms with van der Waals surface area (Å²) in [5.41, 5.74) is 0. The highest BCUT2D eigenvalue weighted by Gasteiger charge is 2.19. The fourth-order valence-electron chi connectivity index (χ4n) is 1.93. The summed E-state index contributed by atoms with van der Waals surface area (Å²) in [6, 6.07) is -1.14. The van der Waals surface area contributed by atoms with Crippen molar-refractivity contribution in [3.63, 3.8) is 0 Å². The zero-order valence-corrected chi connectivity index (χ0v) is 10.4. The molecule has 5 heteroatoms. The van der Waals surface area contributed by atoms with Crippen LogP contribution in [0.2, 0.25) is 0 Å². The van der Waals surface area contributed by atoms with Gasteiger partial charge in [-0.3, -0.25) is 0 Å². The van der Waals surface area contributed by atoms with E-state index in [-0.39, 0.29) is 6.03 Å². The molecule has 2 amide bonds. The molecule has 0 spiro atoms. The lowest BCUT2D eigenvalue weighted by molar-refractivity contribution is -0.139. The Morgan fingerprint density at radius 3 is 2.59 bits per heavy atom. The van der Waals surface area contributed by atoms with Gasteiger partial charge in [0.25, 0.3) is 0 Å². The predicted octanol–water partition coefficient (Wildman–Crippen LogP) is 1.73. The summed E-state index contributed by atoms with van der Waals surface area (Å²) in [6.07, 6.45) is 6.02. The van der Waals surface area contributed by atoms with Gasteiger partial charge in [-0.05, 0) is 18.8 Å². The molecule has 17 heavy (non-hydrogen) atoms. The van der Waals surface area contributed by atoms with Gasteiger partial charge in [-0.1, -0.05) is 32.6 Å². The Hall–Kier alpha value is -1.26. The van der Waals surface area contributed by atoms with E-state index in [2.05, 4.69) is 10.6 Å². The Morgan fingerprint density at radius 2 is 2.12 bits per heavy atom. The standard InChI is InChI=1S/C12H22N2O3/c1-2-4-10(11(15)16)14-12(17)13-8-7-9-5-3-6-9/h9-10H,2-8H2,1H3,(H,15,16)(H2,13,14,17)/t10-/m1/s1. The van der Waals surface area contributed by atoms with Gasteiger partial charge in [-0.25, -0.2) is 9.59 Å². The molecule has 0 aliphatic heterocycles. The molecule has 0 unspecified atom stereocenters. The molecular weight excluding hydrogens is 220 g/mol. The summed E-state index contributed by atoms with van der Waals surface area (Å²) < 4.78 is 0. The van der Waals surface area contributed by atoms with Crippen LogP contribution in [0, 0.1) is 5.92 Å². The molecule has 1 aliphatic rings. The number of nitrogens with one attached hydrogen (secondary N) is 2. The molecule has 3 N–H and O–H groups in total. The number of urea groups is 1. The Balaban J connectivity index is 2.14. The predicted molar refractivity (Wildman–Crippen MR) is 64.8 cm³/mol. The second-order valence-corrected chi connectivity index (χ2v) is 4.67. The van der Waals surface area contributed by atoms with Crippen LogP contribution in [0.5, 0.6) is 0 Å². The molecule has 1 atom stereocenters. The number of carboxylic acids is 1. The maximum atomic E-state index is 11.4. The van der Waals surface area contributed by atoms with Gasteiger partial charge in [0.2, 0.25) is 0 Å². The Kier molecular flexibility index (Phi) is 5.80. The van der Waals surface area contributed by atoms with Crippen molar-refractivity contribution < 1.29 is 14.7 Å². The minimum Gasteiger partial charge on any atom is -0.480 e. The lowest BCUT2D eigenvalue weighted by atomic mass is 9.83. The number of carbonyl (C=O) groups is 2. The number of aliphatic carboxylic acids is 1. The number of carboxylic acid groups (broad SMARTS) is 1. The van der Waals surface area contributed by atoms with Crippen LogP contribution in [-0.4, -0.2) is 29.7 Å². The van der Waals surface area contributed by atoms with Crippen molar-refractivity contribution in [1.29, 1.82) is 0 Å². The largest absolute Gasteiger partial charge is 0.480 e. The minimum atomic E-state index is -0.971. The lowest BCUT2D eigenvalue weighted by Gasteiger charge is -2.25. The van der Waals surface area contributed by atoms with E-state index in [0.717, 1.165) is 18.8 Å². The van der Waals surface area contributed by atoms with Crippen molar-refractivity contribution in [1.82, 2.24) is 10.6 Å². The third-order valence-electron chi connectivity index (χ3n) is 3.24. The molecule has 0 saturated heterocycles. The summed E-state index contributed by atoms with van der Waals surface area (Å²) in [6.45, 7) is 2.53. The van der Waals surface area contributed by atoms with E-state index < -0.39 is 12.0 Å². The highest BCUT2D eigenvalue weighted by molar-refractivity contribution is 5.82. The van der Waals surface area contributed by atoms with Gasteiger partial charge in [0.15, 0.2) is 0 Å². The van der Waals surface area contributed by atoms with E-state index in [4.69, 9.17) is 5.11 Å². The van der Waals surface area contributed by atoms with Gasteiger partial charge in [0.1, 0.15) is 6.04 Å². The zero-order valence-electron chi connectivity index (χ0n) is 10.4. The SMILES string of the molecule is CCC[C@@H](NC(=O)NCCC1CCC1)C(=O)O. The number of hydrogen-bond donors (Lipinski definition) is 3. The fourth-order valence-corrected chi connectivity index (χ4v) is 1.93. The number of carbonyl (C=O) groups excluding carboxylic acids is 1. The molecule has 0 aromatic heterocycles. The highest BCUT2D eigenvalue weighted by atomic mass is 16.4. The first-order valence-electron chi connectivity index (χ1n) is 6.40. The maximum absolute atomic E-state index is 11.4. The van der Waals surface area contributed by atoms with E-state index in [1.165, 1.54) is 19.3 Å². The van der Waals surface area contributed by atoms with Crippen LogP contribution < -0.4 is 10.6 Å². The van der Waals surface area contributed by atoms with Crippen molar-refractivity contribution in [3.8, 4) is 0 Å². The van der Waals surface area contributed by atoms with Crippen LogP contribution >= 0.6 is 0 Å². The van der Waals surface area contributed by atoms with E-state index in [9.17, 15) is 9.59 Å². The summed E-state index contributed by atoms with van der Waals surface area (Å²) >= 11 is 0. The number of hydrogen-bond acceptors (Lipinski definition) is 2. The molecular formula is C12H22N2O3. The first-order chi connectivity index (χ1) is 8.13. The third-order valence-corrected chi connectivity index (χ3v) is 3.24. The van der Waals surface area contributed by atoms with Crippen molar-refractivity contribution >= 4 is 12.0 Å². The quantitative estimate of drug-likeness (QED) is 0.636. The van der Waals surface area contributed by atoms with Crippen molar-refractivity contribution in [2.45, 2.75) is 51.5 Å². The molecule has 0 radical (unpaired) electrons. The average Bonchev–Trinajstić information content (AvgIpc) is 2.21. The molecule has 1 fully saturated rings. The van der Waals surface area contributed by atoms with Gasteiger partial charge >= 0.3 is 12.0 Å². The molecule has 0 heterocycles. The van der Waals surface area contributed by atoms with Crippen LogP contribution in [0.15, 0.2) is 0 Å². The minimum absolute atomic E-state index is 0.370. The van der Waals surface area contributed by atoms with Crippen molar-refractivity contribution in [2.24, 2.45) is 5.92 Å². The summed E-state index contributed by atoms with van der Waals surface area (Å²) in [7, 11) is 0. The second-order valence-electron chi connectivity index (χ2n) is 4.67. The first kappa shape index (κ1) is 13.8. The Labute approximate surface area is 102 Å². The lowest BCUT2D eigenvalue weighted by Crippen LogP contribution is -2.46. The van der Waals surface area contributed by atoms with E-state index in [1.54, 1.807) is 0 Å². The van der Waals surface area contributed by atoms with Crippen molar-refractivity contribution in [2.75, 3.05) is 6.54 Å². The topological polar surface area (TPSA) is 78.4 Å². The average molecular weight is 242 g/mol. The molecule has 1 aliphatic carbocycles. The van der Waals surface area contributed by atoms with Crippen LogP contribution in [0.3, 0.4) is 0 Å². The molecule has 1 rings (SSSR count). The molecule has 5 nitrogen and oxygen atoms in total. The van der Waals surface area contributed by atoms with Crippen molar-refractivity contribution in [3.05, 3.63) is 0 Å². The molecule has 0 aromatic rings. The molecule has 0 aromatic carbocycles. The van der Waals surface area contributed by atoms with Gasteiger partial charge in [-0.2, -0.15) is 0 Å². The second kappa shape index (κ2) is 7.14. The van der Waals surface area contributed by atoms with Gasteiger partial charge in [0, 0.05) is 6.54 Å². The Bertz CT molecular complexity index is 264. The van der Waals surface area contributed by atoms with E-state index >= 15 is 0 Å². The van der Waals surface area contributed by atoms with Crippen LogP contribution in [0.25, 0.3) is 0 Å². The van der Waals surface area contributed by atoms with E-state index in [0.29, 0.717) is 13.0 Å². The monoisotopic (exact) mass is 242 g/mol. The summed E-state index contributed by atoms with van der Waals surface area (Å²) in [4.78, 5) is 22.3. The smallest absolute Gasteiger partial charge is 0.326 e. The van der Waals surface area contributed by atoms with Gasteiger partial charge < -0.3 is 15.7 Å². The Morgan fingerprint density at radius 1 is 1.41 bits per heavy atom. The number of rotatable bonds is 7. The van der Waals surface area contributed by atoms with Crippen LogP contribution in [0.1, 0.15) is 45.4 Å². The van der Waals surface area contributed by atoms with Crippen LogP contribution in [-0.2, 0) is 4.79 Å². The van der Waals surface area contributed by atoms with Crippen LogP contribution in [0.4, 0.5) is 4.79 Å². The molecule has 98 valence electrons. The number of amides is 2. The highest BCUT2D eigenvalue weighted by Crippen LogP contribution is 2.28. The van der Waals surface area contributed by atoms with Gasteiger partial charge in [-0.15, -0.1) is 0 Å². The normalized spacial score (nSPS) is 17.0. The molecule has 1 saturated carbocycles. The molecule has 0 bridgehead atoms. The van der Waals surface area contributed by atoms with Gasteiger partial charge in [0.05, 0.1) is 0 Å². The van der Waals surface area contributed by atoms with E-state index in [1.807, 2.05) is 6.92 Å². The fraction of sp³-hybridized carbons (Fsp3) is 0.833. The zero-order chi connectivity index (χ0) is 12.7. The summed E-state index contributed by atoms with van der Waals surface area (Å²) in [5, 5.41) is 14.1. The third kappa shape index (κ3) is 5.06. The maximum Gasteiger partial charge on any atom is 0.326 e. The first-order valence-corrected chi connectivity index (χ1v) is 6.40. The summed E-state index contributed by atoms with van der Waals surface area (Å²) in [5.74, 6) is -0.220.